The highest BCUT2D eigenvalue weighted by atomic mass is 16.6. The van der Waals surface area contributed by atoms with Crippen molar-refractivity contribution in [1.29, 1.82) is 0 Å². The number of amides is 1. The van der Waals surface area contributed by atoms with Crippen LogP contribution in [0.5, 0.6) is 0 Å². The van der Waals surface area contributed by atoms with Crippen LogP contribution < -0.4 is 5.32 Å². The van der Waals surface area contributed by atoms with Gasteiger partial charge in [-0.1, -0.05) is 6.07 Å². The predicted octanol–water partition coefficient (Wildman–Crippen LogP) is 1.92. The second-order valence-electron chi connectivity index (χ2n) is 5.48. The molecule has 5 heteroatoms. The lowest BCUT2D eigenvalue weighted by molar-refractivity contribution is 0.177. The first-order chi connectivity index (χ1) is 11.2. The van der Waals surface area contributed by atoms with Crippen molar-refractivity contribution in [3.63, 3.8) is 0 Å². The smallest absolute Gasteiger partial charge is 0.407 e. The third-order valence-corrected chi connectivity index (χ3v) is 3.41. The Morgan fingerprint density at radius 3 is 3.10 bits per heavy atom. The minimum atomic E-state index is -1.50. The van der Waals surface area contributed by atoms with Gasteiger partial charge in [0.15, 0.2) is 0 Å². The number of carbonyl (C=O) groups excluding carboxylic acids is 1. The molecule has 5 nitrogen and oxygen atoms in total. The summed E-state index contributed by atoms with van der Waals surface area (Å²) in [6.07, 6.45) is -0.0649. The summed E-state index contributed by atoms with van der Waals surface area (Å²) in [6, 6.07) is 4.46. The monoisotopic (exact) mass is 290 g/mol. The second kappa shape index (κ2) is 5.77. The summed E-state index contributed by atoms with van der Waals surface area (Å²) in [5, 5.41) is 3.31. The maximum atomic E-state index is 11.2. The first-order valence-corrected chi connectivity index (χ1v) is 6.89. The van der Waals surface area contributed by atoms with Gasteiger partial charge in [-0.2, -0.15) is 0 Å². The van der Waals surface area contributed by atoms with Gasteiger partial charge in [-0.3, -0.25) is 0 Å². The van der Waals surface area contributed by atoms with Gasteiger partial charge in [0.25, 0.3) is 0 Å². The number of nitrogens with zero attached hydrogens (tertiary/aromatic N) is 1. The first kappa shape index (κ1) is 10.7. The molecule has 0 spiro atoms. The zero-order valence-corrected chi connectivity index (χ0v) is 12.2. The second-order valence-corrected chi connectivity index (χ2v) is 5.48. The van der Waals surface area contributed by atoms with E-state index in [9.17, 15) is 4.79 Å². The van der Waals surface area contributed by atoms with Gasteiger partial charge in [-0.05, 0) is 50.1 Å². The van der Waals surface area contributed by atoms with Crippen molar-refractivity contribution in [2.24, 2.45) is 0 Å². The van der Waals surface area contributed by atoms with Crippen LogP contribution in [0.3, 0.4) is 0 Å². The highest BCUT2D eigenvalue weighted by molar-refractivity contribution is 5.84. The van der Waals surface area contributed by atoms with E-state index in [-0.39, 0.29) is 13.2 Å². The Morgan fingerprint density at radius 2 is 2.38 bits per heavy atom. The van der Waals surface area contributed by atoms with Crippen LogP contribution >= 0.6 is 0 Å². The number of cyclic esters (lactones) is 1. The molecule has 0 saturated carbocycles. The van der Waals surface area contributed by atoms with Crippen LogP contribution in [-0.4, -0.2) is 49.2 Å². The van der Waals surface area contributed by atoms with Gasteiger partial charge in [-0.25, -0.2) is 4.79 Å². The van der Waals surface area contributed by atoms with Crippen LogP contribution in [-0.2, 0) is 17.5 Å². The van der Waals surface area contributed by atoms with E-state index in [1.54, 1.807) is 6.20 Å². The van der Waals surface area contributed by atoms with E-state index in [0.717, 1.165) is 16.5 Å². The van der Waals surface area contributed by atoms with Crippen LogP contribution in [0.15, 0.2) is 24.4 Å². The molecule has 112 valence electrons. The number of aromatic nitrogens is 1. The quantitative estimate of drug-likeness (QED) is 0.884. The van der Waals surface area contributed by atoms with Gasteiger partial charge in [-0.15, -0.1) is 0 Å². The Hall–Kier alpha value is -2.01. The number of hydrogen-bond donors (Lipinski definition) is 2. The summed E-state index contributed by atoms with van der Waals surface area (Å²) in [7, 11) is 3.68. The lowest BCUT2D eigenvalue weighted by Gasteiger charge is -2.09. The standard InChI is InChI=1S/C16H21N3O2/c1-19(2)6-5-12-9-17-15-4-3-11(8-14(12)15)7-13-10-21-16(20)18-13/h3-4,8-9,13,17H,5-7,10H2,1-2H3,(H,18,20)/t13-/m0/s1/i5D2,13D. The van der Waals surface area contributed by atoms with Gasteiger partial charge in [0.2, 0.25) is 0 Å². The Labute approximate surface area is 128 Å². The van der Waals surface area contributed by atoms with Gasteiger partial charge < -0.3 is 19.9 Å². The molecule has 0 aliphatic carbocycles. The molecule has 1 aliphatic rings. The molecule has 0 unspecified atom stereocenters. The normalized spacial score (nSPS) is 24.5. The average Bonchev–Trinajstić information content (AvgIpc) is 3.01. The molecule has 21 heavy (non-hydrogen) atoms. The Morgan fingerprint density at radius 1 is 1.52 bits per heavy atom. The highest BCUT2D eigenvalue weighted by Gasteiger charge is 2.22. The van der Waals surface area contributed by atoms with Crippen molar-refractivity contribution >= 4 is 17.0 Å². The van der Waals surface area contributed by atoms with E-state index in [4.69, 9.17) is 8.85 Å². The number of likely N-dealkylation sites (N-methyl/N-ethyl adjacent to an activating group) is 1. The molecule has 1 aliphatic heterocycles. The van der Waals surface area contributed by atoms with Crippen LogP contribution in [0.25, 0.3) is 10.9 Å². The topological polar surface area (TPSA) is 57.4 Å². The number of benzene rings is 1. The fourth-order valence-corrected chi connectivity index (χ4v) is 2.38. The van der Waals surface area contributed by atoms with Crippen molar-refractivity contribution < 1.29 is 13.6 Å². The fourth-order valence-electron chi connectivity index (χ4n) is 2.38. The molecule has 1 aromatic heterocycles. The van der Waals surface area contributed by atoms with Gasteiger partial charge in [0, 0.05) is 26.4 Å². The lowest BCUT2D eigenvalue weighted by atomic mass is 10.0. The van der Waals surface area contributed by atoms with Crippen LogP contribution in [0, 0.1) is 0 Å². The summed E-state index contributed by atoms with van der Waals surface area (Å²) >= 11 is 0. The fraction of sp³-hybridized carbons (Fsp3) is 0.438. The molecule has 0 bridgehead atoms. The van der Waals surface area contributed by atoms with Crippen molar-refractivity contribution in [3.05, 3.63) is 35.5 Å². The number of fused-ring (bicyclic) bond motifs is 1. The van der Waals surface area contributed by atoms with Crippen molar-refractivity contribution in [2.75, 3.05) is 27.2 Å². The van der Waals surface area contributed by atoms with E-state index in [1.165, 1.54) is 0 Å². The molecule has 2 aromatic rings. The molecule has 1 amide bonds. The molecule has 1 atom stereocenters. The van der Waals surface area contributed by atoms with Gasteiger partial charge in [0.1, 0.15) is 6.61 Å². The number of aromatic amines is 1. The number of rotatable bonds is 5. The largest absolute Gasteiger partial charge is 0.447 e. The van der Waals surface area contributed by atoms with Gasteiger partial charge in [0.05, 0.1) is 7.39 Å². The van der Waals surface area contributed by atoms with Crippen molar-refractivity contribution in [2.45, 2.75) is 18.8 Å². The van der Waals surface area contributed by atoms with Crippen molar-refractivity contribution in [1.82, 2.24) is 15.2 Å². The maximum Gasteiger partial charge on any atom is 0.407 e. The third kappa shape index (κ3) is 3.19. The van der Waals surface area contributed by atoms with Crippen LogP contribution in [0.1, 0.15) is 15.2 Å². The zero-order chi connectivity index (χ0) is 17.5. The van der Waals surface area contributed by atoms with Crippen LogP contribution in [0.4, 0.5) is 4.79 Å². The number of carbonyl (C=O) groups is 1. The molecular weight excluding hydrogens is 266 g/mol. The Balaban J connectivity index is 1.93. The average molecular weight is 290 g/mol. The van der Waals surface area contributed by atoms with E-state index in [1.807, 2.05) is 37.2 Å². The third-order valence-electron chi connectivity index (χ3n) is 3.41. The highest BCUT2D eigenvalue weighted by Crippen LogP contribution is 2.21. The van der Waals surface area contributed by atoms with E-state index >= 15 is 0 Å². The number of nitrogens with one attached hydrogen (secondary N) is 2. The minimum Gasteiger partial charge on any atom is -0.447 e. The molecule has 1 aromatic carbocycles. The number of H-pyrrole nitrogens is 1. The van der Waals surface area contributed by atoms with E-state index in [0.29, 0.717) is 12.0 Å². The summed E-state index contributed by atoms with van der Waals surface area (Å²) in [5.74, 6) is 0. The van der Waals surface area contributed by atoms with Crippen LogP contribution in [0.2, 0.25) is 0 Å². The zero-order valence-electron chi connectivity index (χ0n) is 15.2. The lowest BCUT2D eigenvalue weighted by Crippen LogP contribution is -2.28. The summed E-state index contributed by atoms with van der Waals surface area (Å²) in [5.41, 5.74) is 2.30. The molecule has 2 N–H and O–H groups in total. The summed E-state index contributed by atoms with van der Waals surface area (Å²) in [4.78, 5) is 16.1. The van der Waals surface area contributed by atoms with Crippen molar-refractivity contribution in [3.8, 4) is 0 Å². The number of hydrogen-bond acceptors (Lipinski definition) is 3. The first-order valence-electron chi connectivity index (χ1n) is 8.39. The SMILES string of the molecule is [2H]C([2H])(CN(C)C)c1c[nH]c2ccc(C[C@@]3([2H])COC(=O)N3)cc12. The Kier molecular flexibility index (Phi) is 2.94. The molecule has 3 rings (SSSR count). The molecular formula is C16H21N3O2. The Bertz CT molecular complexity index is 775. The van der Waals surface area contributed by atoms with E-state index < -0.39 is 18.5 Å². The predicted molar refractivity (Wildman–Crippen MR) is 82.5 cm³/mol. The summed E-state index contributed by atoms with van der Waals surface area (Å²) < 4.78 is 29.8. The number of ether oxygens (including phenoxy) is 1. The minimum absolute atomic E-state index is 0.00528. The van der Waals surface area contributed by atoms with E-state index in [2.05, 4.69) is 10.3 Å². The molecule has 1 fully saturated rings. The molecule has 0 radical (unpaired) electrons. The number of alkyl carbamates (subject to hydrolysis) is 1. The molecule has 2 heterocycles. The summed E-state index contributed by atoms with van der Waals surface area (Å²) in [6.45, 7) is 0.280. The van der Waals surface area contributed by atoms with Gasteiger partial charge >= 0.3 is 6.09 Å². The maximum absolute atomic E-state index is 11.2. The molecule has 1 saturated heterocycles.